The third kappa shape index (κ3) is 10.5. The molecule has 3 rings (SSSR count). The quantitative estimate of drug-likeness (QED) is 0.0466. The molecule has 11 N–H and O–H groups in total. The van der Waals surface area contributed by atoms with Crippen molar-refractivity contribution in [1.82, 2.24) is 26.3 Å². The number of amides is 3. The van der Waals surface area contributed by atoms with E-state index >= 15 is 0 Å². The molecule has 1 heterocycles. The number of para-hydroxylation sites is 1. The largest absolute Gasteiger partial charge is 0.480 e. The van der Waals surface area contributed by atoms with Gasteiger partial charge in [0.2, 0.25) is 17.7 Å². The van der Waals surface area contributed by atoms with Gasteiger partial charge in [-0.25, -0.2) is 4.79 Å². The number of nitrogens with one attached hydrogen (secondary N) is 6. The Morgan fingerprint density at radius 3 is 2.20 bits per heavy atom. The molecule has 0 saturated carbocycles. The molecular weight excluding hydrogens is 596 g/mol. The van der Waals surface area contributed by atoms with E-state index in [0.29, 0.717) is 6.42 Å². The maximum absolute atomic E-state index is 13.7. The Labute approximate surface area is 267 Å². The van der Waals surface area contributed by atoms with Gasteiger partial charge in [-0.1, -0.05) is 48.5 Å². The number of carbonyl (C=O) groups is 4. The predicted molar refractivity (Wildman–Crippen MR) is 176 cm³/mol. The highest BCUT2D eigenvalue weighted by atomic mass is 32.1. The first kappa shape index (κ1) is 34.9. The Hall–Kier alpha value is -4.56. The Morgan fingerprint density at radius 1 is 0.933 bits per heavy atom. The Kier molecular flexibility index (Phi) is 12.4. The second-order valence-corrected chi connectivity index (χ2v) is 12.6. The summed E-state index contributed by atoms with van der Waals surface area (Å²) in [5.74, 6) is -3.46. The minimum Gasteiger partial charge on any atom is -0.480 e. The van der Waals surface area contributed by atoms with Crippen LogP contribution in [0.25, 0.3) is 10.9 Å². The van der Waals surface area contributed by atoms with Crippen LogP contribution in [0.4, 0.5) is 0 Å². The SMILES string of the molecule is CC(C)(S)[C@H](NC(=O)[C@H](Cc1c[nH]c2ccccc12)NC(=O)[C@H](CCCNC(=N)N)NC(=O)[C@@H](N)Cc1ccccc1)C(=O)O. The lowest BCUT2D eigenvalue weighted by atomic mass is 10.00. The van der Waals surface area contributed by atoms with Gasteiger partial charge in [-0.15, -0.1) is 0 Å². The Balaban J connectivity index is 1.85. The molecule has 242 valence electrons. The Bertz CT molecular complexity index is 1490. The molecular formula is C31H42N8O5S. The molecule has 0 unspecified atom stereocenters. The maximum Gasteiger partial charge on any atom is 0.327 e. The number of aromatic amines is 1. The third-order valence-electron chi connectivity index (χ3n) is 7.23. The van der Waals surface area contributed by atoms with Gasteiger partial charge in [0.05, 0.1) is 6.04 Å². The molecule has 0 spiro atoms. The fourth-order valence-corrected chi connectivity index (χ4v) is 5.00. The number of rotatable bonds is 16. The van der Waals surface area contributed by atoms with Crippen LogP contribution in [-0.4, -0.2) is 75.2 Å². The van der Waals surface area contributed by atoms with Crippen LogP contribution in [0, 0.1) is 5.41 Å². The number of hydrogen-bond acceptors (Lipinski definition) is 7. The number of fused-ring (bicyclic) bond motifs is 1. The van der Waals surface area contributed by atoms with E-state index in [1.807, 2.05) is 54.6 Å². The molecule has 0 aliphatic heterocycles. The molecule has 0 saturated heterocycles. The van der Waals surface area contributed by atoms with Crippen LogP contribution in [0.15, 0.2) is 60.8 Å². The second kappa shape index (κ2) is 16.0. The smallest absolute Gasteiger partial charge is 0.327 e. The van der Waals surface area contributed by atoms with E-state index in [1.54, 1.807) is 20.0 Å². The maximum atomic E-state index is 13.7. The highest BCUT2D eigenvalue weighted by Crippen LogP contribution is 2.21. The zero-order valence-corrected chi connectivity index (χ0v) is 26.2. The van der Waals surface area contributed by atoms with Crippen LogP contribution >= 0.6 is 12.6 Å². The summed E-state index contributed by atoms with van der Waals surface area (Å²) in [7, 11) is 0. The lowest BCUT2D eigenvalue weighted by Gasteiger charge is -2.29. The lowest BCUT2D eigenvalue weighted by molar-refractivity contribution is -0.143. The average Bonchev–Trinajstić information content (AvgIpc) is 3.39. The van der Waals surface area contributed by atoms with E-state index in [0.717, 1.165) is 22.0 Å². The number of H-pyrrole nitrogens is 1. The zero-order chi connectivity index (χ0) is 33.1. The molecule has 3 amide bonds. The third-order valence-corrected chi connectivity index (χ3v) is 7.48. The second-order valence-electron chi connectivity index (χ2n) is 11.4. The van der Waals surface area contributed by atoms with Gasteiger partial charge in [-0.2, -0.15) is 12.6 Å². The monoisotopic (exact) mass is 638 g/mol. The van der Waals surface area contributed by atoms with Crippen molar-refractivity contribution in [3.05, 3.63) is 71.9 Å². The van der Waals surface area contributed by atoms with Gasteiger partial charge >= 0.3 is 5.97 Å². The fraction of sp³-hybridized carbons (Fsp3) is 0.387. The molecule has 0 fully saturated rings. The van der Waals surface area contributed by atoms with E-state index in [-0.39, 0.29) is 31.8 Å². The topological polar surface area (TPSA) is 228 Å². The number of nitrogens with two attached hydrogens (primary N) is 2. The number of aromatic nitrogens is 1. The van der Waals surface area contributed by atoms with E-state index in [1.165, 1.54) is 0 Å². The van der Waals surface area contributed by atoms with Crippen molar-refractivity contribution in [3.63, 3.8) is 0 Å². The summed E-state index contributed by atoms with van der Waals surface area (Å²) < 4.78 is -1.12. The summed E-state index contributed by atoms with van der Waals surface area (Å²) in [6.45, 7) is 3.38. The molecule has 14 heteroatoms. The van der Waals surface area contributed by atoms with Crippen molar-refractivity contribution in [2.24, 2.45) is 11.5 Å². The lowest BCUT2D eigenvalue weighted by Crippen LogP contribution is -2.60. The van der Waals surface area contributed by atoms with Crippen LogP contribution in [-0.2, 0) is 32.0 Å². The highest BCUT2D eigenvalue weighted by molar-refractivity contribution is 7.81. The van der Waals surface area contributed by atoms with Crippen LogP contribution in [0.3, 0.4) is 0 Å². The number of hydrogen-bond donors (Lipinski definition) is 10. The molecule has 4 atom stereocenters. The first-order chi connectivity index (χ1) is 21.3. The molecule has 0 bridgehead atoms. The summed E-state index contributed by atoms with van der Waals surface area (Å²) in [4.78, 5) is 55.6. The Morgan fingerprint density at radius 2 is 1.56 bits per heavy atom. The van der Waals surface area contributed by atoms with Crippen LogP contribution < -0.4 is 32.7 Å². The summed E-state index contributed by atoms with van der Waals surface area (Å²) in [5.41, 5.74) is 13.9. The van der Waals surface area contributed by atoms with Gasteiger partial charge in [0.1, 0.15) is 18.1 Å². The average molecular weight is 639 g/mol. The van der Waals surface area contributed by atoms with Gasteiger partial charge in [0, 0.05) is 34.8 Å². The van der Waals surface area contributed by atoms with Crippen molar-refractivity contribution in [2.75, 3.05) is 6.54 Å². The summed E-state index contributed by atoms with van der Waals surface area (Å²) in [6.07, 6.45) is 2.48. The molecule has 13 nitrogen and oxygen atoms in total. The minimum absolute atomic E-state index is 0.0288. The number of benzene rings is 2. The summed E-state index contributed by atoms with van der Waals surface area (Å²) in [5, 5.41) is 28.6. The highest BCUT2D eigenvalue weighted by Gasteiger charge is 2.36. The van der Waals surface area contributed by atoms with Crippen LogP contribution in [0.2, 0.25) is 0 Å². The van der Waals surface area contributed by atoms with Crippen LogP contribution in [0.5, 0.6) is 0 Å². The number of carboxylic acids is 1. The fourth-order valence-electron chi connectivity index (χ4n) is 4.82. The minimum atomic E-state index is -1.36. The van der Waals surface area contributed by atoms with Crippen molar-refractivity contribution in [2.45, 2.75) is 68.4 Å². The number of aliphatic carboxylic acids is 1. The van der Waals surface area contributed by atoms with E-state index in [4.69, 9.17) is 16.9 Å². The zero-order valence-electron chi connectivity index (χ0n) is 25.3. The van der Waals surface area contributed by atoms with E-state index in [2.05, 4.69) is 38.9 Å². The van der Waals surface area contributed by atoms with E-state index in [9.17, 15) is 24.3 Å². The van der Waals surface area contributed by atoms with Gasteiger partial charge in [-0.3, -0.25) is 19.8 Å². The standard InChI is InChI=1S/C31H42N8O5S/c1-31(2,45)25(29(43)44)39-28(42)24(16-19-17-36-22-12-7-6-11-20(19)22)38-27(41)23(13-8-14-35-30(33)34)37-26(40)21(32)15-18-9-4-3-5-10-18/h3-7,9-12,17,21,23-25,36,45H,8,13-16,32H2,1-2H3,(H,37,40)(H,38,41)(H,39,42)(H,43,44)(H4,33,34,35)/t21-,23-,24-,25+/m0/s1. The number of carboxylic acid groups (broad SMARTS) is 1. The molecule has 45 heavy (non-hydrogen) atoms. The van der Waals surface area contributed by atoms with Gasteiger partial charge < -0.3 is 42.8 Å². The molecule has 2 aromatic carbocycles. The van der Waals surface area contributed by atoms with Crippen molar-refractivity contribution >= 4 is 53.2 Å². The number of thiol groups is 1. The van der Waals surface area contributed by atoms with Gasteiger partial charge in [0.25, 0.3) is 0 Å². The first-order valence-electron chi connectivity index (χ1n) is 14.5. The van der Waals surface area contributed by atoms with Crippen molar-refractivity contribution in [3.8, 4) is 0 Å². The van der Waals surface area contributed by atoms with Gasteiger partial charge in [-0.05, 0) is 50.3 Å². The van der Waals surface area contributed by atoms with E-state index < -0.39 is 52.6 Å². The normalized spacial score (nSPS) is 14.0. The molecule has 0 aliphatic rings. The molecule has 3 aromatic rings. The molecule has 0 radical (unpaired) electrons. The number of guanidine groups is 1. The van der Waals surface area contributed by atoms with Crippen molar-refractivity contribution in [1.29, 1.82) is 5.41 Å². The number of carbonyl (C=O) groups excluding carboxylic acids is 3. The first-order valence-corrected chi connectivity index (χ1v) is 15.0. The summed E-state index contributed by atoms with van der Waals surface area (Å²) >= 11 is 4.35. The van der Waals surface area contributed by atoms with Crippen LogP contribution in [0.1, 0.15) is 37.8 Å². The molecule has 1 aromatic heterocycles. The van der Waals surface area contributed by atoms with Crippen molar-refractivity contribution < 1.29 is 24.3 Å². The molecule has 0 aliphatic carbocycles. The predicted octanol–water partition coefficient (Wildman–Crippen LogP) is 0.791. The van der Waals surface area contributed by atoms with Gasteiger partial charge in [0.15, 0.2) is 5.96 Å². The summed E-state index contributed by atoms with van der Waals surface area (Å²) in [6, 6.07) is 12.0.